The summed E-state index contributed by atoms with van der Waals surface area (Å²) in [6, 6.07) is 1.13. The average molecular weight is 308 g/mol. The number of rotatable bonds is 2. The van der Waals surface area contributed by atoms with Gasteiger partial charge in [-0.15, -0.1) is 0 Å². The van der Waals surface area contributed by atoms with Crippen molar-refractivity contribution in [2.45, 2.75) is 19.4 Å². The number of amides is 3. The van der Waals surface area contributed by atoms with E-state index in [-0.39, 0.29) is 11.9 Å². The summed E-state index contributed by atoms with van der Waals surface area (Å²) in [5.41, 5.74) is 0.655. The van der Waals surface area contributed by atoms with Crippen LogP contribution in [0.4, 0.5) is 19.8 Å². The number of carboxylic acid groups (broad SMARTS) is 1. The van der Waals surface area contributed by atoms with Crippen LogP contribution in [0, 0.1) is 11.7 Å². The Labute approximate surface area is 126 Å². The molecular weight excluding hydrogens is 291 g/mol. The molecule has 0 aromatic carbocycles. The Hall–Kier alpha value is -2.38. The third kappa shape index (κ3) is 2.95. The van der Waals surface area contributed by atoms with Crippen LogP contribution in [0.2, 0.25) is 0 Å². The van der Waals surface area contributed by atoms with Crippen LogP contribution < -0.4 is 5.32 Å². The second-order valence-electron chi connectivity index (χ2n) is 5.68. The smallest absolute Gasteiger partial charge is 0.407 e. The number of fused-ring (bicyclic) bond motifs is 1. The van der Waals surface area contributed by atoms with Crippen molar-refractivity contribution in [1.29, 1.82) is 0 Å². The molecule has 2 N–H and O–H groups in total. The summed E-state index contributed by atoms with van der Waals surface area (Å²) in [6.45, 7) is 1.84. The lowest BCUT2D eigenvalue weighted by molar-refractivity contribution is 0.115. The Balaban J connectivity index is 1.62. The van der Waals surface area contributed by atoms with Crippen LogP contribution in [-0.4, -0.2) is 51.6 Å². The number of carbonyl (C=O) groups is 2. The summed E-state index contributed by atoms with van der Waals surface area (Å²) in [4.78, 5) is 29.8. The Bertz CT molecular complexity index is 602. The lowest BCUT2D eigenvalue weighted by Crippen LogP contribution is -2.45. The first-order valence-corrected chi connectivity index (χ1v) is 7.21. The molecule has 22 heavy (non-hydrogen) atoms. The number of nitrogens with one attached hydrogen (secondary N) is 1. The zero-order chi connectivity index (χ0) is 15.7. The molecule has 1 saturated heterocycles. The van der Waals surface area contributed by atoms with Crippen molar-refractivity contribution < 1.29 is 19.1 Å². The molecule has 118 valence electrons. The average Bonchev–Trinajstić information content (AvgIpc) is 2.49. The molecule has 1 aromatic heterocycles. The van der Waals surface area contributed by atoms with E-state index >= 15 is 0 Å². The van der Waals surface area contributed by atoms with Crippen molar-refractivity contribution in [2.24, 2.45) is 5.92 Å². The summed E-state index contributed by atoms with van der Waals surface area (Å²) >= 11 is 0. The van der Waals surface area contributed by atoms with Crippen molar-refractivity contribution in [3.63, 3.8) is 0 Å². The van der Waals surface area contributed by atoms with Crippen LogP contribution >= 0.6 is 0 Å². The van der Waals surface area contributed by atoms with Gasteiger partial charge in [0, 0.05) is 25.2 Å². The van der Waals surface area contributed by atoms with E-state index in [0.717, 1.165) is 19.0 Å². The largest absolute Gasteiger partial charge is 0.465 e. The van der Waals surface area contributed by atoms with Crippen molar-refractivity contribution in [3.8, 4) is 0 Å². The molecule has 3 rings (SSSR count). The Kier molecular flexibility index (Phi) is 3.82. The van der Waals surface area contributed by atoms with Crippen LogP contribution in [0.1, 0.15) is 18.4 Å². The topological polar surface area (TPSA) is 85.8 Å². The molecule has 3 heterocycles. The summed E-state index contributed by atoms with van der Waals surface area (Å²) in [7, 11) is 0. The number of pyridine rings is 1. The second kappa shape index (κ2) is 5.78. The van der Waals surface area contributed by atoms with Crippen molar-refractivity contribution in [1.82, 2.24) is 14.8 Å². The third-order valence-corrected chi connectivity index (χ3v) is 4.17. The lowest BCUT2D eigenvalue weighted by atomic mass is 9.96. The van der Waals surface area contributed by atoms with Crippen LogP contribution in [0.25, 0.3) is 0 Å². The maximum atomic E-state index is 13.2. The standard InChI is InChI=1S/C14H17FN4O3/c15-11-5-10-8-19(13(20)17-12(10)16-6-11)7-9-1-3-18(4-2-9)14(21)22/h5-6,9H,1-4,7-8H2,(H,21,22)(H,16,17,20). The monoisotopic (exact) mass is 308 g/mol. The summed E-state index contributed by atoms with van der Waals surface area (Å²) in [5, 5.41) is 11.6. The maximum Gasteiger partial charge on any atom is 0.407 e. The molecule has 0 aliphatic carbocycles. The number of halogens is 1. The predicted octanol–water partition coefficient (Wildman–Crippen LogP) is 1.96. The van der Waals surface area contributed by atoms with Crippen molar-refractivity contribution >= 4 is 17.9 Å². The summed E-state index contributed by atoms with van der Waals surface area (Å²) < 4.78 is 13.2. The maximum absolute atomic E-state index is 13.2. The zero-order valence-corrected chi connectivity index (χ0v) is 12.0. The minimum Gasteiger partial charge on any atom is -0.465 e. The molecule has 0 radical (unpaired) electrons. The van der Waals surface area contributed by atoms with Gasteiger partial charge < -0.3 is 14.9 Å². The van der Waals surface area contributed by atoms with Crippen molar-refractivity contribution in [2.75, 3.05) is 25.0 Å². The van der Waals surface area contributed by atoms with Crippen molar-refractivity contribution in [3.05, 3.63) is 23.6 Å². The highest BCUT2D eigenvalue weighted by atomic mass is 19.1. The van der Waals surface area contributed by atoms with E-state index in [1.165, 1.54) is 11.0 Å². The number of hydrogen-bond donors (Lipinski definition) is 2. The molecule has 0 bridgehead atoms. The van der Waals surface area contributed by atoms with Gasteiger partial charge in [0.2, 0.25) is 0 Å². The number of aromatic nitrogens is 1. The van der Waals surface area contributed by atoms with Gasteiger partial charge in [-0.1, -0.05) is 0 Å². The highest BCUT2D eigenvalue weighted by molar-refractivity contribution is 5.91. The van der Waals surface area contributed by atoms with Crippen LogP contribution in [0.15, 0.2) is 12.3 Å². The number of urea groups is 1. The van der Waals surface area contributed by atoms with Crippen LogP contribution in [0.3, 0.4) is 0 Å². The highest BCUT2D eigenvalue weighted by Gasteiger charge is 2.29. The Morgan fingerprint density at radius 1 is 1.45 bits per heavy atom. The summed E-state index contributed by atoms with van der Waals surface area (Å²) in [6.07, 6.45) is 1.63. The zero-order valence-electron chi connectivity index (χ0n) is 12.0. The van der Waals surface area contributed by atoms with Gasteiger partial charge in [-0.05, 0) is 24.8 Å². The van der Waals surface area contributed by atoms with E-state index in [1.807, 2.05) is 0 Å². The molecule has 0 unspecified atom stereocenters. The van der Waals surface area contributed by atoms with Gasteiger partial charge in [-0.25, -0.2) is 19.0 Å². The van der Waals surface area contributed by atoms with Gasteiger partial charge >= 0.3 is 12.1 Å². The molecule has 1 aromatic rings. The van der Waals surface area contributed by atoms with Crippen LogP contribution in [0.5, 0.6) is 0 Å². The lowest BCUT2D eigenvalue weighted by Gasteiger charge is -2.35. The molecule has 3 amide bonds. The van der Waals surface area contributed by atoms with Gasteiger partial charge in [0.1, 0.15) is 11.6 Å². The Morgan fingerprint density at radius 2 is 2.18 bits per heavy atom. The van der Waals surface area contributed by atoms with Gasteiger partial charge in [0.15, 0.2) is 0 Å². The fourth-order valence-electron chi connectivity index (χ4n) is 2.94. The van der Waals surface area contributed by atoms with E-state index in [1.54, 1.807) is 4.90 Å². The number of carbonyl (C=O) groups excluding carboxylic acids is 1. The molecule has 7 nitrogen and oxygen atoms in total. The summed E-state index contributed by atoms with van der Waals surface area (Å²) in [5.74, 6) is 0.234. The molecule has 1 fully saturated rings. The van der Waals surface area contributed by atoms with Gasteiger partial charge in [-0.3, -0.25) is 5.32 Å². The molecule has 2 aliphatic rings. The predicted molar refractivity (Wildman–Crippen MR) is 75.9 cm³/mol. The van der Waals surface area contributed by atoms with Crippen LogP contribution in [-0.2, 0) is 6.54 Å². The number of likely N-dealkylation sites (tertiary alicyclic amines) is 1. The number of nitrogens with zero attached hydrogens (tertiary/aromatic N) is 3. The fourth-order valence-corrected chi connectivity index (χ4v) is 2.94. The van der Waals surface area contributed by atoms with Gasteiger partial charge in [0.05, 0.1) is 12.7 Å². The quantitative estimate of drug-likeness (QED) is 0.874. The number of anilines is 1. The molecule has 0 spiro atoms. The molecule has 0 saturated carbocycles. The van der Waals surface area contributed by atoms with E-state index in [4.69, 9.17) is 5.11 Å². The van der Waals surface area contributed by atoms with E-state index < -0.39 is 11.9 Å². The van der Waals surface area contributed by atoms with Gasteiger partial charge in [0.25, 0.3) is 0 Å². The number of piperidine rings is 1. The first-order chi connectivity index (χ1) is 10.5. The molecule has 8 heteroatoms. The molecular formula is C14H17FN4O3. The Morgan fingerprint density at radius 3 is 2.86 bits per heavy atom. The fraction of sp³-hybridized carbons (Fsp3) is 0.500. The first kappa shape index (κ1) is 14.6. The second-order valence-corrected chi connectivity index (χ2v) is 5.68. The SMILES string of the molecule is O=C(O)N1CCC(CN2Cc3cc(F)cnc3NC2=O)CC1. The minimum atomic E-state index is -0.898. The van der Waals surface area contributed by atoms with Gasteiger partial charge in [-0.2, -0.15) is 0 Å². The molecule has 2 aliphatic heterocycles. The highest BCUT2D eigenvalue weighted by Crippen LogP contribution is 2.25. The molecule has 0 atom stereocenters. The normalized spacial score (nSPS) is 18.9. The minimum absolute atomic E-state index is 0.243. The third-order valence-electron chi connectivity index (χ3n) is 4.17. The van der Waals surface area contributed by atoms with E-state index in [2.05, 4.69) is 10.3 Å². The first-order valence-electron chi connectivity index (χ1n) is 7.21. The van der Waals surface area contributed by atoms with E-state index in [9.17, 15) is 14.0 Å². The van der Waals surface area contributed by atoms with E-state index in [0.29, 0.717) is 37.6 Å². The number of hydrogen-bond acceptors (Lipinski definition) is 3.